The molecule has 3 saturated carbocycles. The monoisotopic (exact) mass is 480 g/mol. The van der Waals surface area contributed by atoms with Crippen LogP contribution in [0.15, 0.2) is 0 Å². The molecule has 0 aromatic heterocycles. The van der Waals surface area contributed by atoms with Gasteiger partial charge in [0.2, 0.25) is 0 Å². The van der Waals surface area contributed by atoms with E-state index in [1.165, 1.54) is 0 Å². The number of carbonyl (C=O) groups is 1. The second-order valence-corrected chi connectivity index (χ2v) is 13.3. The minimum absolute atomic E-state index is 0.00827. The van der Waals surface area contributed by atoms with Crippen molar-refractivity contribution in [1.82, 2.24) is 0 Å². The number of aliphatic hydroxyl groups excluding tert-OH is 4. The molecule has 0 spiro atoms. The molecule has 1 aliphatic heterocycles. The Morgan fingerprint density at radius 2 is 1.56 bits per heavy atom. The van der Waals surface area contributed by atoms with Crippen LogP contribution in [0.5, 0.6) is 0 Å². The summed E-state index contributed by atoms with van der Waals surface area (Å²) in [5.41, 5.74) is -0.345. The van der Waals surface area contributed by atoms with Gasteiger partial charge in [-0.1, -0.05) is 41.5 Å². The van der Waals surface area contributed by atoms with Gasteiger partial charge in [-0.05, 0) is 90.8 Å². The number of ether oxygens (including phenoxy) is 1. The highest BCUT2D eigenvalue weighted by atomic mass is 16.5. The van der Waals surface area contributed by atoms with Crippen LogP contribution in [-0.2, 0) is 9.53 Å². The van der Waals surface area contributed by atoms with Crippen molar-refractivity contribution in [3.8, 4) is 0 Å². The van der Waals surface area contributed by atoms with Crippen LogP contribution < -0.4 is 0 Å². The smallest absolute Gasteiger partial charge is 0.309 e. The van der Waals surface area contributed by atoms with E-state index in [0.717, 1.165) is 25.7 Å². The molecular formula is C28H48O6. The van der Waals surface area contributed by atoms with Crippen LogP contribution in [0, 0.1) is 58.2 Å². The number of fused-ring (bicyclic) bond motifs is 5. The molecule has 4 N–H and O–H groups in total. The number of rotatable bonds is 5. The number of esters is 1. The minimum Gasteiger partial charge on any atom is -0.465 e. The lowest BCUT2D eigenvalue weighted by atomic mass is 9.48. The molecule has 3 aliphatic carbocycles. The van der Waals surface area contributed by atoms with Gasteiger partial charge in [-0.15, -0.1) is 0 Å². The Kier molecular flexibility index (Phi) is 7.23. The first-order valence-corrected chi connectivity index (χ1v) is 13.7. The first kappa shape index (κ1) is 26.4. The summed E-state index contributed by atoms with van der Waals surface area (Å²) < 4.78 is 5.86. The predicted molar refractivity (Wildman–Crippen MR) is 130 cm³/mol. The fourth-order valence-electron chi connectivity index (χ4n) is 8.95. The zero-order valence-electron chi connectivity index (χ0n) is 22.0. The van der Waals surface area contributed by atoms with E-state index in [1.54, 1.807) is 0 Å². The van der Waals surface area contributed by atoms with Crippen molar-refractivity contribution in [3.05, 3.63) is 0 Å². The van der Waals surface area contributed by atoms with Crippen LogP contribution in [-0.4, -0.2) is 57.4 Å². The van der Waals surface area contributed by atoms with E-state index >= 15 is 0 Å². The highest BCUT2D eigenvalue weighted by Crippen LogP contribution is 2.66. The molecule has 0 unspecified atom stereocenters. The number of hydrogen-bond donors (Lipinski definition) is 4. The first-order valence-electron chi connectivity index (χ1n) is 13.7. The molecule has 6 heteroatoms. The maximum atomic E-state index is 13.0. The zero-order chi connectivity index (χ0) is 25.2. The minimum atomic E-state index is -0.867. The average Bonchev–Trinajstić information content (AvgIpc) is 3.09. The third kappa shape index (κ3) is 4.05. The van der Waals surface area contributed by atoms with Crippen molar-refractivity contribution in [2.75, 3.05) is 6.61 Å². The molecule has 4 aliphatic rings. The Labute approximate surface area is 205 Å². The topological polar surface area (TPSA) is 107 Å². The van der Waals surface area contributed by atoms with Gasteiger partial charge < -0.3 is 25.2 Å². The third-order valence-corrected chi connectivity index (χ3v) is 11.5. The third-order valence-electron chi connectivity index (χ3n) is 11.5. The van der Waals surface area contributed by atoms with Crippen molar-refractivity contribution in [1.29, 1.82) is 0 Å². The average molecular weight is 481 g/mol. The van der Waals surface area contributed by atoms with E-state index in [2.05, 4.69) is 34.6 Å². The van der Waals surface area contributed by atoms with Gasteiger partial charge in [0.1, 0.15) is 0 Å². The molecule has 13 atom stereocenters. The molecule has 196 valence electrons. The van der Waals surface area contributed by atoms with Gasteiger partial charge in [0, 0.05) is 0 Å². The summed E-state index contributed by atoms with van der Waals surface area (Å²) in [6, 6.07) is 0. The molecule has 1 saturated heterocycles. The molecular weight excluding hydrogens is 432 g/mol. The maximum Gasteiger partial charge on any atom is 0.309 e. The molecule has 0 aromatic rings. The van der Waals surface area contributed by atoms with Crippen LogP contribution in [0.1, 0.15) is 80.1 Å². The number of hydrogen-bond acceptors (Lipinski definition) is 6. The van der Waals surface area contributed by atoms with Crippen molar-refractivity contribution in [3.63, 3.8) is 0 Å². The summed E-state index contributed by atoms with van der Waals surface area (Å²) in [5, 5.41) is 42.9. The molecule has 0 aromatic carbocycles. The van der Waals surface area contributed by atoms with E-state index in [-0.39, 0.29) is 52.8 Å². The lowest BCUT2D eigenvalue weighted by molar-refractivity contribution is -0.162. The van der Waals surface area contributed by atoms with Crippen LogP contribution in [0.25, 0.3) is 0 Å². The predicted octanol–water partition coefficient (Wildman–Crippen LogP) is 3.39. The second-order valence-electron chi connectivity index (χ2n) is 13.3. The van der Waals surface area contributed by atoms with Crippen molar-refractivity contribution in [2.45, 2.75) is 104 Å². The van der Waals surface area contributed by atoms with Gasteiger partial charge in [-0.25, -0.2) is 0 Å². The lowest BCUT2D eigenvalue weighted by Gasteiger charge is -2.56. The quantitative estimate of drug-likeness (QED) is 0.450. The Morgan fingerprint density at radius 1 is 0.912 bits per heavy atom. The van der Waals surface area contributed by atoms with E-state index < -0.39 is 24.4 Å². The van der Waals surface area contributed by atoms with E-state index in [4.69, 9.17) is 4.74 Å². The summed E-state index contributed by atoms with van der Waals surface area (Å²) in [6.07, 6.45) is 1.61. The van der Waals surface area contributed by atoms with Gasteiger partial charge in [0.15, 0.2) is 0 Å². The Balaban J connectivity index is 1.58. The molecule has 4 rings (SSSR count). The molecule has 0 bridgehead atoms. The molecule has 0 radical (unpaired) electrons. The lowest BCUT2D eigenvalue weighted by Crippen LogP contribution is -2.55. The Bertz CT molecular complexity index is 755. The summed E-state index contributed by atoms with van der Waals surface area (Å²) in [4.78, 5) is 13.0. The Morgan fingerprint density at radius 3 is 2.21 bits per heavy atom. The van der Waals surface area contributed by atoms with Crippen LogP contribution >= 0.6 is 0 Å². The first-order chi connectivity index (χ1) is 15.8. The largest absolute Gasteiger partial charge is 0.465 e. The van der Waals surface area contributed by atoms with Crippen LogP contribution in [0.2, 0.25) is 0 Å². The molecule has 34 heavy (non-hydrogen) atoms. The van der Waals surface area contributed by atoms with Crippen LogP contribution in [0.4, 0.5) is 0 Å². The van der Waals surface area contributed by atoms with E-state index in [1.807, 2.05) is 6.92 Å². The van der Waals surface area contributed by atoms with Gasteiger partial charge in [0.25, 0.3) is 0 Å². The standard InChI is InChI=1S/C28H48O6/c1-14(2)15(3)24(31)25(32)16(4)18-7-8-19-17-13-34-26(33)21-11-22(29)23(30)12-28(21,6)20(17)9-10-27(18,19)5/h14-25,29-32H,7-13H2,1-6H3/t15-,16-,17-,18+,19-,20-,21+,22-,23+,24+,25+,27-,28+/m0/s1. The van der Waals surface area contributed by atoms with Crippen LogP contribution in [0.3, 0.4) is 0 Å². The van der Waals surface area contributed by atoms with Gasteiger partial charge >= 0.3 is 5.97 Å². The fourth-order valence-corrected chi connectivity index (χ4v) is 8.95. The van der Waals surface area contributed by atoms with Gasteiger partial charge in [-0.2, -0.15) is 0 Å². The number of aliphatic hydroxyl groups is 4. The van der Waals surface area contributed by atoms with Crippen molar-refractivity contribution >= 4 is 5.97 Å². The summed E-state index contributed by atoms with van der Waals surface area (Å²) >= 11 is 0. The van der Waals surface area contributed by atoms with E-state index in [9.17, 15) is 25.2 Å². The summed E-state index contributed by atoms with van der Waals surface area (Å²) in [6.45, 7) is 13.2. The normalized spacial score (nSPS) is 48.1. The summed E-state index contributed by atoms with van der Waals surface area (Å²) in [5.74, 6) is 0.948. The van der Waals surface area contributed by atoms with Gasteiger partial charge in [-0.3, -0.25) is 4.79 Å². The fraction of sp³-hybridized carbons (Fsp3) is 0.964. The van der Waals surface area contributed by atoms with E-state index in [0.29, 0.717) is 30.8 Å². The molecule has 6 nitrogen and oxygen atoms in total. The molecule has 0 amide bonds. The number of carbonyl (C=O) groups excluding carboxylic acids is 1. The van der Waals surface area contributed by atoms with Crippen molar-refractivity contribution in [2.24, 2.45) is 58.2 Å². The SMILES string of the molecule is CC(C)[C@H](C)[C@@H](O)[C@H](O)[C@@H](C)[C@H]1CC[C@H]2[C@@H]3COC(=O)[C@H]4C[C@H](O)[C@H](O)C[C@]4(C)[C@H]3CC[C@@]12C. The number of cyclic esters (lactones) is 1. The molecule has 1 heterocycles. The highest BCUT2D eigenvalue weighted by Gasteiger charge is 2.63. The van der Waals surface area contributed by atoms with Gasteiger partial charge in [0.05, 0.1) is 36.9 Å². The Hall–Kier alpha value is -0.690. The molecule has 4 fully saturated rings. The highest BCUT2D eigenvalue weighted by molar-refractivity contribution is 5.74. The van der Waals surface area contributed by atoms with Crippen molar-refractivity contribution < 1.29 is 30.0 Å². The maximum absolute atomic E-state index is 13.0. The summed E-state index contributed by atoms with van der Waals surface area (Å²) in [7, 11) is 0. The second kappa shape index (κ2) is 9.32. The zero-order valence-corrected chi connectivity index (χ0v) is 22.0.